The van der Waals surface area contributed by atoms with E-state index in [0.29, 0.717) is 30.2 Å². The Morgan fingerprint density at radius 1 is 1.30 bits per heavy atom. The van der Waals surface area contributed by atoms with Crippen molar-refractivity contribution in [3.05, 3.63) is 59.3 Å². The molecular formula is C20H22N2O5. The van der Waals surface area contributed by atoms with Gasteiger partial charge in [-0.1, -0.05) is 29.8 Å². The number of nitrogens with one attached hydrogen (secondary N) is 1. The highest BCUT2D eigenvalue weighted by Crippen LogP contribution is 2.19. The van der Waals surface area contributed by atoms with Gasteiger partial charge in [-0.05, 0) is 18.6 Å². The van der Waals surface area contributed by atoms with E-state index in [9.17, 15) is 9.59 Å². The number of nitrogens with zero attached hydrogens (tertiary/aromatic N) is 1. The summed E-state index contributed by atoms with van der Waals surface area (Å²) in [5.74, 6) is -0.604. The molecule has 1 N–H and O–H groups in total. The van der Waals surface area contributed by atoms with Gasteiger partial charge in [0.05, 0.1) is 20.3 Å². The lowest BCUT2D eigenvalue weighted by molar-refractivity contribution is -0.143. The predicted octanol–water partition coefficient (Wildman–Crippen LogP) is 2.20. The van der Waals surface area contributed by atoms with Gasteiger partial charge < -0.3 is 19.5 Å². The van der Waals surface area contributed by atoms with Gasteiger partial charge in [-0.15, -0.1) is 0 Å². The van der Waals surface area contributed by atoms with E-state index in [0.717, 1.165) is 12.0 Å². The first-order valence-corrected chi connectivity index (χ1v) is 8.72. The molecule has 1 amide bonds. The summed E-state index contributed by atoms with van der Waals surface area (Å²) in [5.41, 5.74) is 1.98. The molecule has 7 nitrogen and oxygen atoms in total. The molecular weight excluding hydrogens is 348 g/mol. The first kappa shape index (κ1) is 18.8. The van der Waals surface area contributed by atoms with Gasteiger partial charge in [-0.2, -0.15) is 0 Å². The maximum atomic E-state index is 12.7. The number of methoxy groups -OCH3 is 1. The highest BCUT2D eigenvalue weighted by Gasteiger charge is 2.25. The lowest BCUT2D eigenvalue weighted by Crippen LogP contribution is -2.34. The van der Waals surface area contributed by atoms with Crippen LogP contribution in [-0.2, 0) is 14.3 Å². The molecule has 0 bridgehead atoms. The van der Waals surface area contributed by atoms with Crippen LogP contribution in [0.1, 0.15) is 33.9 Å². The lowest BCUT2D eigenvalue weighted by atomic mass is 10.0. The van der Waals surface area contributed by atoms with Crippen molar-refractivity contribution in [3.63, 3.8) is 0 Å². The zero-order valence-corrected chi connectivity index (χ0v) is 15.3. The van der Waals surface area contributed by atoms with Gasteiger partial charge >= 0.3 is 5.97 Å². The monoisotopic (exact) mass is 370 g/mol. The van der Waals surface area contributed by atoms with E-state index in [1.807, 2.05) is 25.1 Å². The Labute approximate surface area is 157 Å². The molecule has 1 aliphatic rings. The molecule has 1 fully saturated rings. The Hall–Kier alpha value is -2.93. The Kier molecular flexibility index (Phi) is 6.03. The molecule has 2 unspecified atom stereocenters. The number of pyridine rings is 1. The maximum Gasteiger partial charge on any atom is 0.333 e. The van der Waals surface area contributed by atoms with Crippen molar-refractivity contribution in [2.75, 3.05) is 20.3 Å². The van der Waals surface area contributed by atoms with Crippen LogP contribution < -0.4 is 10.1 Å². The topological polar surface area (TPSA) is 86.8 Å². The normalized spacial score (nSPS) is 17.2. The number of carbonyl (C=O) groups excluding carboxylic acids is 2. The first-order chi connectivity index (χ1) is 13.1. The molecule has 0 aliphatic carbocycles. The van der Waals surface area contributed by atoms with Gasteiger partial charge in [0.1, 0.15) is 6.10 Å². The fraction of sp³-hybridized carbons (Fsp3) is 0.350. The zero-order chi connectivity index (χ0) is 19.2. The Balaban J connectivity index is 1.76. The second kappa shape index (κ2) is 8.64. The number of esters is 1. The molecule has 7 heteroatoms. The molecule has 2 atom stereocenters. The molecule has 27 heavy (non-hydrogen) atoms. The van der Waals surface area contributed by atoms with E-state index in [-0.39, 0.29) is 6.10 Å². The summed E-state index contributed by atoms with van der Waals surface area (Å²) in [4.78, 5) is 29.0. The quantitative estimate of drug-likeness (QED) is 0.785. The van der Waals surface area contributed by atoms with Crippen LogP contribution in [0.2, 0.25) is 0 Å². The van der Waals surface area contributed by atoms with E-state index in [1.165, 1.54) is 13.3 Å². The molecule has 142 valence electrons. The van der Waals surface area contributed by atoms with Gasteiger partial charge in [0.15, 0.2) is 6.04 Å². The molecule has 1 aromatic carbocycles. The van der Waals surface area contributed by atoms with Crippen molar-refractivity contribution < 1.29 is 23.8 Å². The van der Waals surface area contributed by atoms with Crippen molar-refractivity contribution in [2.45, 2.75) is 25.5 Å². The molecule has 0 radical (unpaired) electrons. The number of hydrogen-bond acceptors (Lipinski definition) is 6. The van der Waals surface area contributed by atoms with E-state index in [1.54, 1.807) is 18.2 Å². The van der Waals surface area contributed by atoms with Crippen LogP contribution >= 0.6 is 0 Å². The number of hydrogen-bond donors (Lipinski definition) is 1. The summed E-state index contributed by atoms with van der Waals surface area (Å²) in [5, 5.41) is 2.73. The van der Waals surface area contributed by atoms with E-state index in [2.05, 4.69) is 10.3 Å². The maximum absolute atomic E-state index is 12.7. The van der Waals surface area contributed by atoms with Gasteiger partial charge in [-0.3, -0.25) is 4.79 Å². The summed E-state index contributed by atoms with van der Waals surface area (Å²) < 4.78 is 15.9. The number of rotatable bonds is 6. The van der Waals surface area contributed by atoms with Crippen LogP contribution in [0.5, 0.6) is 5.88 Å². The summed E-state index contributed by atoms with van der Waals surface area (Å²) in [7, 11) is 1.29. The SMILES string of the molecule is COC(=O)C(NC(=O)c1ccnc(OC2CCOC2)c1)c1cccc(C)c1. The summed E-state index contributed by atoms with van der Waals surface area (Å²) in [6, 6.07) is 9.58. The van der Waals surface area contributed by atoms with E-state index in [4.69, 9.17) is 14.2 Å². The molecule has 1 aliphatic heterocycles. The minimum Gasteiger partial charge on any atom is -0.472 e. The number of aryl methyl sites for hydroxylation is 1. The van der Waals surface area contributed by atoms with Crippen molar-refractivity contribution in [1.29, 1.82) is 0 Å². The van der Waals surface area contributed by atoms with Gasteiger partial charge in [0, 0.05) is 24.2 Å². The Morgan fingerprint density at radius 3 is 2.85 bits per heavy atom. The summed E-state index contributed by atoms with van der Waals surface area (Å²) in [6.07, 6.45) is 2.22. The number of amides is 1. The number of benzene rings is 1. The Morgan fingerprint density at radius 2 is 2.15 bits per heavy atom. The third kappa shape index (κ3) is 4.83. The van der Waals surface area contributed by atoms with Crippen LogP contribution in [0.15, 0.2) is 42.6 Å². The van der Waals surface area contributed by atoms with Crippen LogP contribution in [-0.4, -0.2) is 43.3 Å². The predicted molar refractivity (Wildman–Crippen MR) is 97.5 cm³/mol. The second-order valence-corrected chi connectivity index (χ2v) is 6.33. The fourth-order valence-electron chi connectivity index (χ4n) is 2.85. The smallest absolute Gasteiger partial charge is 0.333 e. The van der Waals surface area contributed by atoms with Crippen molar-refractivity contribution in [2.24, 2.45) is 0 Å². The van der Waals surface area contributed by atoms with Crippen LogP contribution in [0.25, 0.3) is 0 Å². The zero-order valence-electron chi connectivity index (χ0n) is 15.3. The highest BCUT2D eigenvalue weighted by atomic mass is 16.5. The molecule has 0 spiro atoms. The van der Waals surface area contributed by atoms with Crippen LogP contribution in [0.4, 0.5) is 0 Å². The minimum absolute atomic E-state index is 0.0640. The average molecular weight is 370 g/mol. The highest BCUT2D eigenvalue weighted by molar-refractivity contribution is 5.97. The molecule has 2 heterocycles. The summed E-state index contributed by atoms with van der Waals surface area (Å²) in [6.45, 7) is 3.08. The van der Waals surface area contributed by atoms with Gasteiger partial charge in [-0.25, -0.2) is 9.78 Å². The number of carbonyl (C=O) groups is 2. The average Bonchev–Trinajstić information content (AvgIpc) is 3.18. The largest absolute Gasteiger partial charge is 0.472 e. The van der Waals surface area contributed by atoms with Crippen molar-refractivity contribution in [1.82, 2.24) is 10.3 Å². The van der Waals surface area contributed by atoms with Gasteiger partial charge in [0.25, 0.3) is 5.91 Å². The van der Waals surface area contributed by atoms with Crippen LogP contribution in [0.3, 0.4) is 0 Å². The van der Waals surface area contributed by atoms with Crippen molar-refractivity contribution >= 4 is 11.9 Å². The molecule has 3 rings (SSSR count). The number of ether oxygens (including phenoxy) is 3. The minimum atomic E-state index is -0.900. The molecule has 1 saturated heterocycles. The lowest BCUT2D eigenvalue weighted by Gasteiger charge is -2.18. The standard InChI is InChI=1S/C20H22N2O5/c1-13-4-3-5-14(10-13)18(20(24)25-2)22-19(23)15-6-8-21-17(11-15)27-16-7-9-26-12-16/h3-6,8,10-11,16,18H,7,9,12H2,1-2H3,(H,22,23). The summed E-state index contributed by atoms with van der Waals surface area (Å²) >= 11 is 0. The van der Waals surface area contributed by atoms with E-state index < -0.39 is 17.9 Å². The van der Waals surface area contributed by atoms with Crippen molar-refractivity contribution in [3.8, 4) is 5.88 Å². The molecule has 1 aromatic heterocycles. The molecule has 0 saturated carbocycles. The number of aromatic nitrogens is 1. The fourth-order valence-corrected chi connectivity index (χ4v) is 2.85. The third-order valence-electron chi connectivity index (χ3n) is 4.26. The molecule has 2 aromatic rings. The third-order valence-corrected chi connectivity index (χ3v) is 4.26. The van der Waals surface area contributed by atoms with Gasteiger partial charge in [0.2, 0.25) is 5.88 Å². The first-order valence-electron chi connectivity index (χ1n) is 8.72. The second-order valence-electron chi connectivity index (χ2n) is 6.33. The van der Waals surface area contributed by atoms with Crippen LogP contribution in [0, 0.1) is 6.92 Å². The van der Waals surface area contributed by atoms with E-state index >= 15 is 0 Å². The Bertz CT molecular complexity index is 818.